The zero-order valence-electron chi connectivity index (χ0n) is 13.4. The first-order valence-corrected chi connectivity index (χ1v) is 7.66. The second-order valence-electron chi connectivity index (χ2n) is 5.48. The molecule has 0 saturated carbocycles. The molecule has 0 fully saturated rings. The van der Waals surface area contributed by atoms with Crippen LogP contribution in [-0.2, 0) is 11.2 Å². The first-order chi connectivity index (χ1) is 11.7. The summed E-state index contributed by atoms with van der Waals surface area (Å²) in [5.74, 6) is 3.71. The van der Waals surface area contributed by atoms with Crippen LogP contribution in [0.5, 0.6) is 0 Å². The number of nitrogens with zero attached hydrogens (tertiary/aromatic N) is 2. The molecule has 5 nitrogen and oxygen atoms in total. The maximum atomic E-state index is 12.6. The maximum Gasteiger partial charge on any atom is 0.359 e. The Balaban J connectivity index is 1.85. The van der Waals surface area contributed by atoms with Gasteiger partial charge in [0.25, 0.3) is 0 Å². The van der Waals surface area contributed by atoms with Gasteiger partial charge in [-0.1, -0.05) is 36.3 Å². The number of fused-ring (bicyclic) bond motifs is 1. The lowest BCUT2D eigenvalue weighted by Gasteiger charge is -2.06. The van der Waals surface area contributed by atoms with Crippen molar-refractivity contribution in [1.82, 2.24) is 4.98 Å². The molecule has 0 saturated heterocycles. The third-order valence-corrected chi connectivity index (χ3v) is 3.93. The molecule has 1 aliphatic rings. The fraction of sp³-hybridized carbons (Fsp3) is 0.211. The van der Waals surface area contributed by atoms with Gasteiger partial charge in [-0.2, -0.15) is 4.57 Å². The minimum absolute atomic E-state index is 0.0401. The van der Waals surface area contributed by atoms with E-state index in [1.807, 2.05) is 30.3 Å². The van der Waals surface area contributed by atoms with Crippen molar-refractivity contribution in [2.24, 2.45) is 0 Å². The second kappa shape index (κ2) is 6.97. The molecule has 5 heteroatoms. The lowest BCUT2D eigenvalue weighted by atomic mass is 10.1. The van der Waals surface area contributed by atoms with Crippen LogP contribution in [0, 0.1) is 12.3 Å². The van der Waals surface area contributed by atoms with Crippen LogP contribution in [0.4, 0.5) is 5.82 Å². The predicted molar refractivity (Wildman–Crippen MR) is 90.3 cm³/mol. The first kappa shape index (κ1) is 15.8. The quantitative estimate of drug-likeness (QED) is 0.520. The van der Waals surface area contributed by atoms with Crippen molar-refractivity contribution < 1.29 is 14.1 Å². The zero-order valence-corrected chi connectivity index (χ0v) is 13.4. The second-order valence-corrected chi connectivity index (χ2v) is 5.48. The summed E-state index contributed by atoms with van der Waals surface area (Å²) in [6, 6.07) is 9.62. The van der Waals surface area contributed by atoms with Gasteiger partial charge in [-0.05, 0) is 5.56 Å². The smallest absolute Gasteiger partial charge is 0.359 e. The molecule has 1 unspecified atom stereocenters. The van der Waals surface area contributed by atoms with Crippen LogP contribution in [0.15, 0.2) is 54.6 Å². The average molecular weight is 320 g/mol. The Hall–Kier alpha value is -3.13. The lowest BCUT2D eigenvalue weighted by molar-refractivity contribution is -0.553. The van der Waals surface area contributed by atoms with Gasteiger partial charge in [0.2, 0.25) is 6.04 Å². The lowest BCUT2D eigenvalue weighted by Crippen LogP contribution is -2.43. The number of terminal acetylenes is 1. The molecular formula is C19H18N3O2+. The van der Waals surface area contributed by atoms with Gasteiger partial charge in [0.05, 0.1) is 19.7 Å². The van der Waals surface area contributed by atoms with Gasteiger partial charge in [0, 0.05) is 12.5 Å². The van der Waals surface area contributed by atoms with E-state index in [1.165, 1.54) is 6.08 Å². The number of ether oxygens (including phenoxy) is 1. The number of nitrogens with one attached hydrogen (secondary N) is 1. The molecule has 2 aromatic rings. The van der Waals surface area contributed by atoms with Crippen molar-refractivity contribution in [1.29, 1.82) is 0 Å². The number of anilines is 1. The molecule has 2 heterocycles. The summed E-state index contributed by atoms with van der Waals surface area (Å²) >= 11 is 0. The monoisotopic (exact) mass is 320 g/mol. The van der Waals surface area contributed by atoms with Crippen molar-refractivity contribution in [2.45, 2.75) is 18.9 Å². The average Bonchev–Trinajstić information content (AvgIpc) is 2.93. The molecule has 1 aliphatic heterocycles. The molecule has 0 radical (unpaired) electrons. The summed E-state index contributed by atoms with van der Waals surface area (Å²) < 4.78 is 6.84. The summed E-state index contributed by atoms with van der Waals surface area (Å²) in [5, 5.41) is 3.26. The van der Waals surface area contributed by atoms with Crippen LogP contribution in [0.3, 0.4) is 0 Å². The number of aromatic nitrogens is 2. The van der Waals surface area contributed by atoms with E-state index in [1.54, 1.807) is 24.1 Å². The minimum atomic E-state index is -0.414. The third kappa shape index (κ3) is 3.13. The molecule has 1 N–H and O–H groups in total. The molecule has 3 rings (SSSR count). The topological polar surface area (TPSA) is 55.1 Å². The van der Waals surface area contributed by atoms with Crippen molar-refractivity contribution in [2.75, 3.05) is 12.4 Å². The SMILES string of the molecule is C#C/C=C(/CC1Nc2c(Cc3ccccc3)ncc[n+]2C1=O)OC. The van der Waals surface area contributed by atoms with Gasteiger partial charge >= 0.3 is 11.7 Å². The van der Waals surface area contributed by atoms with Crippen LogP contribution in [0.2, 0.25) is 0 Å². The molecular weight excluding hydrogens is 302 g/mol. The van der Waals surface area contributed by atoms with Gasteiger partial charge in [0.15, 0.2) is 0 Å². The molecule has 24 heavy (non-hydrogen) atoms. The molecule has 0 bridgehead atoms. The van der Waals surface area contributed by atoms with E-state index >= 15 is 0 Å². The molecule has 1 aromatic carbocycles. The van der Waals surface area contributed by atoms with E-state index in [9.17, 15) is 4.79 Å². The zero-order chi connectivity index (χ0) is 16.9. The van der Waals surface area contributed by atoms with Crippen molar-refractivity contribution in [3.05, 3.63) is 65.8 Å². The number of carbonyl (C=O) groups is 1. The van der Waals surface area contributed by atoms with E-state index in [2.05, 4.69) is 16.2 Å². The highest BCUT2D eigenvalue weighted by molar-refractivity contribution is 5.82. The molecule has 120 valence electrons. The van der Waals surface area contributed by atoms with E-state index in [0.717, 1.165) is 17.1 Å². The van der Waals surface area contributed by atoms with E-state index in [-0.39, 0.29) is 5.91 Å². The Morgan fingerprint density at radius 3 is 2.96 bits per heavy atom. The summed E-state index contributed by atoms with van der Waals surface area (Å²) in [7, 11) is 1.55. The van der Waals surface area contributed by atoms with Crippen molar-refractivity contribution in [3.63, 3.8) is 0 Å². The first-order valence-electron chi connectivity index (χ1n) is 7.66. The Morgan fingerprint density at radius 1 is 1.46 bits per heavy atom. The van der Waals surface area contributed by atoms with Crippen molar-refractivity contribution >= 4 is 11.7 Å². The van der Waals surface area contributed by atoms with Crippen molar-refractivity contribution in [3.8, 4) is 12.3 Å². The summed E-state index contributed by atoms with van der Waals surface area (Å²) in [6.45, 7) is 0. The summed E-state index contributed by atoms with van der Waals surface area (Å²) in [6.07, 6.45) is 11.2. The number of rotatable bonds is 5. The predicted octanol–water partition coefficient (Wildman–Crippen LogP) is 1.95. The van der Waals surface area contributed by atoms with Crippen LogP contribution in [-0.4, -0.2) is 24.0 Å². The number of hydrogen-bond donors (Lipinski definition) is 1. The van der Waals surface area contributed by atoms with Crippen LogP contribution >= 0.6 is 0 Å². The van der Waals surface area contributed by atoms with Crippen LogP contribution < -0.4 is 9.88 Å². The van der Waals surface area contributed by atoms with Gasteiger partial charge in [-0.3, -0.25) is 5.32 Å². The fourth-order valence-electron chi connectivity index (χ4n) is 2.75. The van der Waals surface area contributed by atoms with E-state index < -0.39 is 6.04 Å². The number of allylic oxidation sites excluding steroid dienone is 1. The number of carbonyl (C=O) groups excluding carboxylic acids is 1. The van der Waals surface area contributed by atoms with E-state index in [0.29, 0.717) is 18.6 Å². The number of hydrogen-bond acceptors (Lipinski definition) is 4. The normalized spacial score (nSPS) is 16.2. The summed E-state index contributed by atoms with van der Waals surface area (Å²) in [5.41, 5.74) is 1.97. The Kier molecular flexibility index (Phi) is 4.57. The van der Waals surface area contributed by atoms with Crippen LogP contribution in [0.1, 0.15) is 22.5 Å². The number of methoxy groups -OCH3 is 1. The summed E-state index contributed by atoms with van der Waals surface area (Å²) in [4.78, 5) is 17.0. The van der Waals surface area contributed by atoms with Gasteiger partial charge in [0.1, 0.15) is 17.6 Å². The van der Waals surface area contributed by atoms with Gasteiger partial charge in [-0.15, -0.1) is 6.42 Å². The number of benzene rings is 1. The van der Waals surface area contributed by atoms with Crippen LogP contribution in [0.25, 0.3) is 0 Å². The van der Waals surface area contributed by atoms with E-state index in [4.69, 9.17) is 11.2 Å². The Labute approximate surface area is 141 Å². The molecule has 0 spiro atoms. The minimum Gasteiger partial charge on any atom is -0.500 e. The van der Waals surface area contributed by atoms with Gasteiger partial charge < -0.3 is 4.74 Å². The fourth-order valence-corrected chi connectivity index (χ4v) is 2.75. The highest BCUT2D eigenvalue weighted by atomic mass is 16.5. The largest absolute Gasteiger partial charge is 0.500 e. The molecule has 0 amide bonds. The third-order valence-electron chi connectivity index (χ3n) is 3.93. The highest BCUT2D eigenvalue weighted by Crippen LogP contribution is 2.21. The Morgan fingerprint density at radius 2 is 2.25 bits per heavy atom. The molecule has 1 atom stereocenters. The maximum absolute atomic E-state index is 12.6. The highest BCUT2D eigenvalue weighted by Gasteiger charge is 2.40. The molecule has 1 aromatic heterocycles. The Bertz CT molecular complexity index is 822. The standard InChI is InChI=1S/C19H17N3O2/c1-3-7-15(24-2)13-17-19(23)22-11-10-20-16(18(22)21-17)12-14-8-5-4-6-9-14/h1,4-11,17H,12-13H2,2H3/p+1/b15-7-. The molecule has 0 aliphatic carbocycles. The van der Waals surface area contributed by atoms with Gasteiger partial charge in [-0.25, -0.2) is 9.78 Å².